The van der Waals surface area contributed by atoms with Crippen LogP contribution >= 0.6 is 11.8 Å². The van der Waals surface area contributed by atoms with Crippen LogP contribution in [0.5, 0.6) is 0 Å². The molecule has 0 saturated carbocycles. The second kappa shape index (κ2) is 7.89. The Morgan fingerprint density at radius 2 is 1.88 bits per heavy atom. The molecule has 2 N–H and O–H groups in total. The molecular weight excluding hydrogens is 329 g/mol. The molecule has 0 amide bonds. The normalized spacial score (nSPS) is 12.1. The number of tetrazole rings is 1. The molecule has 1 aromatic heterocycles. The van der Waals surface area contributed by atoms with Gasteiger partial charge in [-0.2, -0.15) is 4.68 Å². The fraction of sp³-hybridized carbons (Fsp3) is 0.188. The summed E-state index contributed by atoms with van der Waals surface area (Å²) < 4.78 is 14.5. The van der Waals surface area contributed by atoms with E-state index in [0.29, 0.717) is 17.5 Å². The van der Waals surface area contributed by atoms with Gasteiger partial charge in [-0.1, -0.05) is 30.0 Å². The number of thioether (sulfide) groups is 1. The minimum atomic E-state index is -0.596. The third kappa shape index (κ3) is 4.30. The van der Waals surface area contributed by atoms with Crippen molar-refractivity contribution in [3.63, 3.8) is 0 Å². The van der Waals surface area contributed by atoms with E-state index in [0.717, 1.165) is 11.4 Å². The average Bonchev–Trinajstić information content (AvgIpc) is 3.09. The zero-order valence-electron chi connectivity index (χ0n) is 12.7. The predicted octanol–water partition coefficient (Wildman–Crippen LogP) is 2.37. The van der Waals surface area contributed by atoms with E-state index in [-0.39, 0.29) is 5.82 Å². The Bertz CT molecular complexity index is 766. The number of nitrogens with zero attached hydrogens (tertiary/aromatic N) is 4. The molecule has 0 fully saturated rings. The van der Waals surface area contributed by atoms with Crippen molar-refractivity contribution in [1.82, 2.24) is 20.2 Å². The molecule has 0 aliphatic carbocycles. The molecule has 0 aliphatic heterocycles. The number of halogens is 1. The molecule has 24 heavy (non-hydrogen) atoms. The van der Waals surface area contributed by atoms with Gasteiger partial charge in [-0.15, -0.1) is 5.10 Å². The zero-order chi connectivity index (χ0) is 16.8. The number of aliphatic hydroxyl groups excluding tert-OH is 1. The van der Waals surface area contributed by atoms with Gasteiger partial charge in [0.25, 0.3) is 0 Å². The molecule has 0 radical (unpaired) electrons. The molecule has 0 bridgehead atoms. The summed E-state index contributed by atoms with van der Waals surface area (Å²) >= 11 is 1.37. The summed E-state index contributed by atoms with van der Waals surface area (Å²) in [6.07, 6.45) is -0.596. The zero-order valence-corrected chi connectivity index (χ0v) is 13.5. The van der Waals surface area contributed by atoms with Gasteiger partial charge in [0.2, 0.25) is 5.16 Å². The molecular formula is C16H16FN5OS. The van der Waals surface area contributed by atoms with Crippen LogP contribution in [0.3, 0.4) is 0 Å². The molecule has 0 unspecified atom stereocenters. The second-order valence-electron chi connectivity index (χ2n) is 5.06. The number of benzene rings is 2. The van der Waals surface area contributed by atoms with Gasteiger partial charge in [0.15, 0.2) is 0 Å². The Labute approximate surface area is 142 Å². The average molecular weight is 345 g/mol. The van der Waals surface area contributed by atoms with Crippen LogP contribution in [0.4, 0.5) is 10.1 Å². The molecule has 1 heterocycles. The Morgan fingerprint density at radius 1 is 1.12 bits per heavy atom. The molecule has 3 rings (SSSR count). The van der Waals surface area contributed by atoms with Gasteiger partial charge in [0, 0.05) is 18.0 Å². The number of aromatic nitrogens is 4. The first-order valence-electron chi connectivity index (χ1n) is 7.36. The maximum Gasteiger partial charge on any atom is 0.214 e. The van der Waals surface area contributed by atoms with Crippen molar-refractivity contribution in [2.75, 3.05) is 17.6 Å². The van der Waals surface area contributed by atoms with Gasteiger partial charge in [-0.25, -0.2) is 4.39 Å². The molecule has 0 saturated heterocycles. The van der Waals surface area contributed by atoms with Crippen LogP contribution in [0.2, 0.25) is 0 Å². The van der Waals surface area contributed by atoms with Crippen molar-refractivity contribution in [1.29, 1.82) is 0 Å². The van der Waals surface area contributed by atoms with Gasteiger partial charge in [0.05, 0.1) is 11.8 Å². The predicted molar refractivity (Wildman–Crippen MR) is 90.8 cm³/mol. The van der Waals surface area contributed by atoms with Crippen molar-refractivity contribution in [3.05, 3.63) is 60.4 Å². The highest BCUT2D eigenvalue weighted by atomic mass is 32.2. The van der Waals surface area contributed by atoms with E-state index in [4.69, 9.17) is 0 Å². The second-order valence-corrected chi connectivity index (χ2v) is 6.05. The summed E-state index contributed by atoms with van der Waals surface area (Å²) in [7, 11) is 0. The molecule has 2 aromatic carbocycles. The van der Waals surface area contributed by atoms with E-state index < -0.39 is 6.10 Å². The van der Waals surface area contributed by atoms with Crippen molar-refractivity contribution < 1.29 is 9.50 Å². The highest BCUT2D eigenvalue weighted by Gasteiger charge is 2.12. The lowest BCUT2D eigenvalue weighted by Gasteiger charge is -2.12. The Kier molecular flexibility index (Phi) is 5.39. The Hall–Kier alpha value is -2.45. The van der Waals surface area contributed by atoms with Crippen LogP contribution in [0.15, 0.2) is 59.8 Å². The van der Waals surface area contributed by atoms with Gasteiger partial charge in [-0.05, 0) is 46.8 Å². The van der Waals surface area contributed by atoms with Crippen LogP contribution in [0, 0.1) is 5.82 Å². The van der Waals surface area contributed by atoms with E-state index in [1.54, 1.807) is 16.8 Å². The van der Waals surface area contributed by atoms with Gasteiger partial charge < -0.3 is 10.4 Å². The van der Waals surface area contributed by atoms with Crippen molar-refractivity contribution in [2.24, 2.45) is 0 Å². The molecule has 8 heteroatoms. The van der Waals surface area contributed by atoms with E-state index >= 15 is 0 Å². The third-order valence-corrected chi connectivity index (χ3v) is 4.30. The largest absolute Gasteiger partial charge is 0.390 e. The van der Waals surface area contributed by atoms with Crippen LogP contribution in [0.25, 0.3) is 5.69 Å². The first-order valence-corrected chi connectivity index (χ1v) is 8.35. The minimum Gasteiger partial charge on any atom is -0.390 e. The summed E-state index contributed by atoms with van der Waals surface area (Å²) in [4.78, 5) is 0. The van der Waals surface area contributed by atoms with E-state index in [1.165, 1.54) is 23.9 Å². The lowest BCUT2D eigenvalue weighted by molar-refractivity contribution is 0.213. The van der Waals surface area contributed by atoms with E-state index in [1.807, 2.05) is 30.3 Å². The number of hydrogen-bond donors (Lipinski definition) is 2. The number of hydrogen-bond acceptors (Lipinski definition) is 6. The van der Waals surface area contributed by atoms with Crippen LogP contribution in [0.1, 0.15) is 0 Å². The number of para-hydroxylation sites is 1. The summed E-state index contributed by atoms with van der Waals surface area (Å²) in [6, 6.07) is 15.6. The fourth-order valence-corrected chi connectivity index (χ4v) is 2.85. The first-order chi connectivity index (χ1) is 11.7. The third-order valence-electron chi connectivity index (χ3n) is 3.23. The molecule has 124 valence electrons. The summed E-state index contributed by atoms with van der Waals surface area (Å²) in [5.74, 6) is 0.144. The molecule has 3 aromatic rings. The summed E-state index contributed by atoms with van der Waals surface area (Å²) in [5, 5.41) is 25.4. The monoisotopic (exact) mass is 345 g/mol. The van der Waals surface area contributed by atoms with Crippen molar-refractivity contribution >= 4 is 17.4 Å². The van der Waals surface area contributed by atoms with Gasteiger partial charge in [0.1, 0.15) is 5.82 Å². The molecule has 0 spiro atoms. The molecule has 1 atom stereocenters. The first kappa shape index (κ1) is 16.4. The number of rotatable bonds is 7. The van der Waals surface area contributed by atoms with Crippen molar-refractivity contribution in [3.8, 4) is 5.69 Å². The maximum atomic E-state index is 12.8. The number of nitrogens with one attached hydrogen (secondary N) is 1. The summed E-state index contributed by atoms with van der Waals surface area (Å²) in [6.45, 7) is 0.353. The van der Waals surface area contributed by atoms with Gasteiger partial charge >= 0.3 is 0 Å². The summed E-state index contributed by atoms with van der Waals surface area (Å²) in [5.41, 5.74) is 1.62. The van der Waals surface area contributed by atoms with E-state index in [2.05, 4.69) is 20.8 Å². The van der Waals surface area contributed by atoms with Crippen LogP contribution in [-0.2, 0) is 0 Å². The lowest BCUT2D eigenvalue weighted by Crippen LogP contribution is -2.22. The highest BCUT2D eigenvalue weighted by Crippen LogP contribution is 2.19. The highest BCUT2D eigenvalue weighted by molar-refractivity contribution is 7.99. The standard InChI is InChI=1S/C16H16FN5OS/c17-12-6-8-13(9-7-12)18-10-15(23)11-24-16-19-20-21-22(16)14-4-2-1-3-5-14/h1-9,15,18,23H,10-11H2/t15-/m1/s1. The van der Waals surface area contributed by atoms with Crippen LogP contribution in [-0.4, -0.2) is 43.7 Å². The Balaban J connectivity index is 1.53. The Morgan fingerprint density at radius 3 is 2.62 bits per heavy atom. The van der Waals surface area contributed by atoms with Gasteiger partial charge in [-0.3, -0.25) is 0 Å². The SMILES string of the molecule is O[C@H](CNc1ccc(F)cc1)CSc1nnnn1-c1ccccc1. The van der Waals surface area contributed by atoms with E-state index in [9.17, 15) is 9.50 Å². The smallest absolute Gasteiger partial charge is 0.214 e. The number of anilines is 1. The molecule has 6 nitrogen and oxygen atoms in total. The fourth-order valence-electron chi connectivity index (χ4n) is 2.03. The quantitative estimate of drug-likeness (QED) is 0.640. The topological polar surface area (TPSA) is 75.9 Å². The maximum absolute atomic E-state index is 12.8. The lowest BCUT2D eigenvalue weighted by atomic mass is 10.3. The minimum absolute atomic E-state index is 0.288. The van der Waals surface area contributed by atoms with Crippen LogP contribution < -0.4 is 5.32 Å². The van der Waals surface area contributed by atoms with Crippen molar-refractivity contribution in [2.45, 2.75) is 11.3 Å². The number of aliphatic hydroxyl groups is 1. The molecule has 0 aliphatic rings.